The number of likely N-dealkylation sites (tertiary alicyclic amines) is 1. The van der Waals surface area contributed by atoms with Gasteiger partial charge >= 0.3 is 0 Å². The van der Waals surface area contributed by atoms with E-state index in [4.69, 9.17) is 11.6 Å². The van der Waals surface area contributed by atoms with Gasteiger partial charge in [0.15, 0.2) is 0 Å². The van der Waals surface area contributed by atoms with Gasteiger partial charge in [-0.3, -0.25) is 4.79 Å². The number of hydrogen-bond donors (Lipinski definition) is 1. The third kappa shape index (κ3) is 3.65. The maximum atomic E-state index is 11.9. The second-order valence-corrected chi connectivity index (χ2v) is 5.36. The predicted molar refractivity (Wildman–Crippen MR) is 63.2 cm³/mol. The standard InChI is InChI=1S/C11H21ClN2O/c1-11(2,8-12)10(15)13-9-5-4-6-14(3)7-9/h9H,4-8H2,1-3H3,(H,13,15). The van der Waals surface area contributed by atoms with Crippen molar-refractivity contribution in [1.29, 1.82) is 0 Å². The topological polar surface area (TPSA) is 32.3 Å². The normalized spacial score (nSPS) is 23.9. The van der Waals surface area contributed by atoms with E-state index in [2.05, 4.69) is 17.3 Å². The van der Waals surface area contributed by atoms with Gasteiger partial charge in [0.25, 0.3) is 0 Å². The molecule has 1 rings (SSSR count). The van der Waals surface area contributed by atoms with Gasteiger partial charge in [0.2, 0.25) is 5.91 Å². The van der Waals surface area contributed by atoms with Gasteiger partial charge in [-0.25, -0.2) is 0 Å². The first kappa shape index (κ1) is 12.8. The van der Waals surface area contributed by atoms with Crippen LogP contribution in [0.2, 0.25) is 0 Å². The first-order valence-corrected chi connectivity index (χ1v) is 6.04. The smallest absolute Gasteiger partial charge is 0.227 e. The highest BCUT2D eigenvalue weighted by Gasteiger charge is 2.29. The second kappa shape index (κ2) is 5.17. The fourth-order valence-electron chi connectivity index (χ4n) is 1.73. The van der Waals surface area contributed by atoms with Crippen LogP contribution in [-0.4, -0.2) is 42.9 Å². The Balaban J connectivity index is 2.44. The minimum absolute atomic E-state index is 0.0674. The summed E-state index contributed by atoms with van der Waals surface area (Å²) >= 11 is 5.76. The number of alkyl halides is 1. The Hall–Kier alpha value is -0.280. The fraction of sp³-hybridized carbons (Fsp3) is 0.909. The van der Waals surface area contributed by atoms with E-state index in [1.165, 1.54) is 0 Å². The van der Waals surface area contributed by atoms with E-state index in [0.717, 1.165) is 25.9 Å². The van der Waals surface area contributed by atoms with E-state index in [1.54, 1.807) is 0 Å². The molecule has 0 aliphatic carbocycles. The predicted octanol–water partition coefficient (Wildman–Crippen LogP) is 1.46. The van der Waals surface area contributed by atoms with E-state index >= 15 is 0 Å². The van der Waals surface area contributed by atoms with Crippen molar-refractivity contribution in [2.45, 2.75) is 32.7 Å². The van der Waals surface area contributed by atoms with Crippen LogP contribution in [0.4, 0.5) is 0 Å². The molecule has 0 aromatic carbocycles. The summed E-state index contributed by atoms with van der Waals surface area (Å²) in [5, 5.41) is 3.08. The quantitative estimate of drug-likeness (QED) is 0.748. The number of likely N-dealkylation sites (N-methyl/N-ethyl adjacent to an activating group) is 1. The molecule has 3 nitrogen and oxygen atoms in total. The number of nitrogens with one attached hydrogen (secondary N) is 1. The van der Waals surface area contributed by atoms with Gasteiger partial charge in [0, 0.05) is 18.5 Å². The molecule has 15 heavy (non-hydrogen) atoms. The maximum Gasteiger partial charge on any atom is 0.227 e. The molecule has 1 aliphatic rings. The van der Waals surface area contributed by atoms with Gasteiger partial charge in [0.05, 0.1) is 5.41 Å². The minimum atomic E-state index is -0.461. The monoisotopic (exact) mass is 232 g/mol. The number of amides is 1. The summed E-state index contributed by atoms with van der Waals surface area (Å²) in [5.74, 6) is 0.430. The van der Waals surface area contributed by atoms with Crippen LogP contribution in [-0.2, 0) is 4.79 Å². The first-order chi connectivity index (χ1) is 6.95. The van der Waals surface area contributed by atoms with Crippen LogP contribution in [0.15, 0.2) is 0 Å². The molecule has 88 valence electrons. The number of carbonyl (C=O) groups is 1. The van der Waals surface area contributed by atoms with Crippen LogP contribution < -0.4 is 5.32 Å². The summed E-state index contributed by atoms with van der Waals surface area (Å²) in [6.45, 7) is 5.83. The Morgan fingerprint density at radius 3 is 2.80 bits per heavy atom. The molecule has 1 unspecified atom stereocenters. The van der Waals surface area contributed by atoms with Crippen molar-refractivity contribution in [3.63, 3.8) is 0 Å². The highest BCUT2D eigenvalue weighted by molar-refractivity contribution is 6.19. The van der Waals surface area contributed by atoms with Crippen molar-refractivity contribution < 1.29 is 4.79 Å². The molecule has 1 heterocycles. The number of halogens is 1. The summed E-state index contributed by atoms with van der Waals surface area (Å²) < 4.78 is 0. The lowest BCUT2D eigenvalue weighted by molar-refractivity contribution is -0.129. The number of carbonyl (C=O) groups excluding carboxylic acids is 1. The van der Waals surface area contributed by atoms with Gasteiger partial charge in [-0.05, 0) is 40.3 Å². The molecule has 0 aromatic heterocycles. The molecular formula is C11H21ClN2O. The van der Waals surface area contributed by atoms with Gasteiger partial charge < -0.3 is 10.2 Å². The average Bonchev–Trinajstić information content (AvgIpc) is 2.17. The first-order valence-electron chi connectivity index (χ1n) is 5.51. The molecule has 1 fully saturated rings. The Bertz CT molecular complexity index is 231. The van der Waals surface area contributed by atoms with Crippen LogP contribution >= 0.6 is 11.6 Å². The lowest BCUT2D eigenvalue weighted by Gasteiger charge is -2.32. The number of rotatable bonds is 3. The van der Waals surface area contributed by atoms with E-state index in [-0.39, 0.29) is 5.91 Å². The zero-order valence-electron chi connectivity index (χ0n) is 9.85. The highest BCUT2D eigenvalue weighted by atomic mass is 35.5. The van der Waals surface area contributed by atoms with Crippen molar-refractivity contribution in [2.24, 2.45) is 5.41 Å². The van der Waals surface area contributed by atoms with Crippen molar-refractivity contribution >= 4 is 17.5 Å². The third-order valence-electron chi connectivity index (χ3n) is 2.91. The van der Waals surface area contributed by atoms with E-state index in [9.17, 15) is 4.79 Å². The molecule has 1 saturated heterocycles. The van der Waals surface area contributed by atoms with Gasteiger partial charge in [-0.2, -0.15) is 0 Å². The van der Waals surface area contributed by atoms with E-state index in [1.807, 2.05) is 13.8 Å². The lowest BCUT2D eigenvalue weighted by Crippen LogP contribution is -2.50. The van der Waals surface area contributed by atoms with Crippen LogP contribution in [0.1, 0.15) is 26.7 Å². The van der Waals surface area contributed by atoms with Gasteiger partial charge in [0.1, 0.15) is 0 Å². The summed E-state index contributed by atoms with van der Waals surface area (Å²) in [6.07, 6.45) is 2.23. The van der Waals surface area contributed by atoms with Crippen LogP contribution in [0.3, 0.4) is 0 Å². The molecule has 0 spiro atoms. The SMILES string of the molecule is CN1CCCC(NC(=O)C(C)(C)CCl)C1. The average molecular weight is 233 g/mol. The molecule has 4 heteroatoms. The largest absolute Gasteiger partial charge is 0.352 e. The summed E-state index contributed by atoms with van der Waals surface area (Å²) in [7, 11) is 2.09. The van der Waals surface area contributed by atoms with Crippen LogP contribution in [0.25, 0.3) is 0 Å². The van der Waals surface area contributed by atoms with Gasteiger partial charge in [-0.1, -0.05) is 0 Å². The summed E-state index contributed by atoms with van der Waals surface area (Å²) in [5.41, 5.74) is -0.461. The molecule has 0 radical (unpaired) electrons. The van der Waals surface area contributed by atoms with E-state index < -0.39 is 5.41 Å². The molecular weight excluding hydrogens is 212 g/mol. The minimum Gasteiger partial charge on any atom is -0.352 e. The molecule has 1 aliphatic heterocycles. The van der Waals surface area contributed by atoms with Crippen LogP contribution in [0, 0.1) is 5.41 Å². The van der Waals surface area contributed by atoms with Crippen LogP contribution in [0.5, 0.6) is 0 Å². The molecule has 1 atom stereocenters. The lowest BCUT2D eigenvalue weighted by atomic mass is 9.94. The van der Waals surface area contributed by atoms with Crippen molar-refractivity contribution in [1.82, 2.24) is 10.2 Å². The van der Waals surface area contributed by atoms with Gasteiger partial charge in [-0.15, -0.1) is 11.6 Å². The van der Waals surface area contributed by atoms with E-state index in [0.29, 0.717) is 11.9 Å². The van der Waals surface area contributed by atoms with Crippen molar-refractivity contribution in [3.05, 3.63) is 0 Å². The zero-order valence-corrected chi connectivity index (χ0v) is 10.6. The number of piperidine rings is 1. The molecule has 0 bridgehead atoms. The second-order valence-electron chi connectivity index (χ2n) is 5.09. The third-order valence-corrected chi connectivity index (χ3v) is 3.58. The Morgan fingerprint density at radius 1 is 1.60 bits per heavy atom. The molecule has 0 aromatic rings. The number of nitrogens with zero attached hydrogens (tertiary/aromatic N) is 1. The highest BCUT2D eigenvalue weighted by Crippen LogP contribution is 2.18. The molecule has 1 amide bonds. The Labute approximate surface area is 97.2 Å². The van der Waals surface area contributed by atoms with Crippen molar-refractivity contribution in [2.75, 3.05) is 26.0 Å². The molecule has 0 saturated carbocycles. The number of hydrogen-bond acceptors (Lipinski definition) is 2. The molecule has 1 N–H and O–H groups in total. The van der Waals surface area contributed by atoms with Crippen molar-refractivity contribution in [3.8, 4) is 0 Å². The zero-order chi connectivity index (χ0) is 11.5. The summed E-state index contributed by atoms with van der Waals surface area (Å²) in [4.78, 5) is 14.1. The Kier molecular flexibility index (Phi) is 4.41. The summed E-state index contributed by atoms with van der Waals surface area (Å²) in [6, 6.07) is 0.291. The Morgan fingerprint density at radius 2 is 2.27 bits per heavy atom. The maximum absolute atomic E-state index is 11.9. The fourth-order valence-corrected chi connectivity index (χ4v) is 1.85.